The standard InChI is InChI=1S/C24H19N3O6/c28-22(18-9-5-2-6-10-18)15-21(24(30)33-16-17-7-3-1-4-8-17)25-26-23(29)19-11-13-20(14-12-19)27(31)32/h1-14H,15-16H2,(H,26,29). The Hall–Kier alpha value is -4.66. The lowest BCUT2D eigenvalue weighted by Crippen LogP contribution is -2.26. The van der Waals surface area contributed by atoms with Crippen LogP contribution < -0.4 is 5.43 Å². The molecule has 0 aliphatic carbocycles. The maximum absolute atomic E-state index is 12.6. The molecular formula is C24H19N3O6. The van der Waals surface area contributed by atoms with Crippen LogP contribution >= 0.6 is 0 Å². The fourth-order valence-electron chi connectivity index (χ4n) is 2.76. The summed E-state index contributed by atoms with van der Waals surface area (Å²) in [5.41, 5.74) is 2.97. The third-order valence-corrected chi connectivity index (χ3v) is 4.50. The summed E-state index contributed by atoms with van der Waals surface area (Å²) in [6.07, 6.45) is -0.391. The van der Waals surface area contributed by atoms with Gasteiger partial charge < -0.3 is 4.74 Å². The number of benzene rings is 3. The number of hydrazone groups is 1. The molecule has 0 fully saturated rings. The average Bonchev–Trinajstić information content (AvgIpc) is 2.86. The van der Waals surface area contributed by atoms with Crippen molar-refractivity contribution in [2.75, 3.05) is 0 Å². The Morgan fingerprint density at radius 3 is 2.06 bits per heavy atom. The Kier molecular flexibility index (Phi) is 7.74. The van der Waals surface area contributed by atoms with Gasteiger partial charge in [0.15, 0.2) is 11.5 Å². The molecule has 0 saturated heterocycles. The van der Waals surface area contributed by atoms with E-state index in [1.54, 1.807) is 54.6 Å². The summed E-state index contributed by atoms with van der Waals surface area (Å²) in [4.78, 5) is 47.7. The fraction of sp³-hybridized carbons (Fsp3) is 0.0833. The normalized spacial score (nSPS) is 10.8. The van der Waals surface area contributed by atoms with Crippen LogP contribution in [0.3, 0.4) is 0 Å². The lowest BCUT2D eigenvalue weighted by Gasteiger charge is -2.08. The predicted octanol–water partition coefficient (Wildman–Crippen LogP) is 3.70. The molecule has 166 valence electrons. The van der Waals surface area contributed by atoms with Crippen molar-refractivity contribution >= 4 is 29.1 Å². The molecule has 0 bridgehead atoms. The van der Waals surface area contributed by atoms with Crippen molar-refractivity contribution in [1.29, 1.82) is 0 Å². The predicted molar refractivity (Wildman–Crippen MR) is 120 cm³/mol. The largest absolute Gasteiger partial charge is 0.456 e. The molecule has 0 unspecified atom stereocenters. The molecule has 9 heteroatoms. The molecule has 0 aliphatic rings. The molecule has 0 radical (unpaired) electrons. The summed E-state index contributed by atoms with van der Waals surface area (Å²) >= 11 is 0. The van der Waals surface area contributed by atoms with Gasteiger partial charge in [0.25, 0.3) is 11.6 Å². The number of ether oxygens (including phenoxy) is 1. The number of amides is 1. The third kappa shape index (κ3) is 6.66. The third-order valence-electron chi connectivity index (χ3n) is 4.50. The second-order valence-electron chi connectivity index (χ2n) is 6.83. The summed E-state index contributed by atoms with van der Waals surface area (Å²) in [6, 6.07) is 22.1. The van der Waals surface area contributed by atoms with E-state index in [9.17, 15) is 24.5 Å². The SMILES string of the molecule is O=C(OCc1ccccc1)C(CC(=O)c1ccccc1)=NNC(=O)c1ccc([N+](=O)[O-])cc1. The molecule has 1 amide bonds. The van der Waals surface area contributed by atoms with Gasteiger partial charge >= 0.3 is 5.97 Å². The van der Waals surface area contributed by atoms with Crippen molar-refractivity contribution in [3.8, 4) is 0 Å². The van der Waals surface area contributed by atoms with Gasteiger partial charge in [-0.25, -0.2) is 10.2 Å². The molecule has 1 N–H and O–H groups in total. The van der Waals surface area contributed by atoms with E-state index in [2.05, 4.69) is 10.5 Å². The number of nitro groups is 1. The summed E-state index contributed by atoms with van der Waals surface area (Å²) in [5, 5.41) is 14.6. The number of esters is 1. The maximum Gasteiger partial charge on any atom is 0.355 e. The minimum absolute atomic E-state index is 0.0332. The molecule has 0 heterocycles. The second-order valence-corrected chi connectivity index (χ2v) is 6.83. The zero-order valence-electron chi connectivity index (χ0n) is 17.3. The van der Waals surface area contributed by atoms with Gasteiger partial charge in [-0.2, -0.15) is 5.10 Å². The highest BCUT2D eigenvalue weighted by atomic mass is 16.6. The van der Waals surface area contributed by atoms with Crippen LogP contribution in [0.5, 0.6) is 0 Å². The van der Waals surface area contributed by atoms with E-state index in [4.69, 9.17) is 4.74 Å². The first-order valence-electron chi connectivity index (χ1n) is 9.84. The molecule has 3 aromatic rings. The molecule has 3 aromatic carbocycles. The number of hydrogen-bond acceptors (Lipinski definition) is 7. The van der Waals surface area contributed by atoms with Gasteiger partial charge in [0.1, 0.15) is 6.61 Å². The van der Waals surface area contributed by atoms with Crippen LogP contribution in [-0.4, -0.2) is 28.3 Å². The number of nitrogens with one attached hydrogen (secondary N) is 1. The first kappa shape index (κ1) is 23.0. The quantitative estimate of drug-likeness (QED) is 0.176. The van der Waals surface area contributed by atoms with Gasteiger partial charge in [-0.15, -0.1) is 0 Å². The van der Waals surface area contributed by atoms with Crippen molar-refractivity contribution in [1.82, 2.24) is 5.43 Å². The Morgan fingerprint density at radius 1 is 0.848 bits per heavy atom. The molecular weight excluding hydrogens is 426 g/mol. The first-order chi connectivity index (χ1) is 15.9. The molecule has 0 saturated carbocycles. The van der Waals surface area contributed by atoms with Gasteiger partial charge in [0.2, 0.25) is 0 Å². The van der Waals surface area contributed by atoms with Crippen molar-refractivity contribution in [2.45, 2.75) is 13.0 Å². The fourth-order valence-corrected chi connectivity index (χ4v) is 2.76. The zero-order chi connectivity index (χ0) is 23.6. The van der Waals surface area contributed by atoms with Crippen LogP contribution in [-0.2, 0) is 16.1 Å². The second kappa shape index (κ2) is 11.1. The highest BCUT2D eigenvalue weighted by Gasteiger charge is 2.20. The number of nitro benzene ring substituents is 1. The van der Waals surface area contributed by atoms with Gasteiger partial charge in [-0.1, -0.05) is 60.7 Å². The van der Waals surface area contributed by atoms with Crippen molar-refractivity contribution in [3.63, 3.8) is 0 Å². The van der Waals surface area contributed by atoms with Crippen molar-refractivity contribution in [2.24, 2.45) is 5.10 Å². The molecule has 0 atom stereocenters. The van der Waals surface area contributed by atoms with Crippen LogP contribution in [0.4, 0.5) is 5.69 Å². The van der Waals surface area contributed by atoms with E-state index in [0.29, 0.717) is 5.56 Å². The molecule has 33 heavy (non-hydrogen) atoms. The smallest absolute Gasteiger partial charge is 0.355 e. The number of ketones is 1. The monoisotopic (exact) mass is 445 g/mol. The van der Waals surface area contributed by atoms with Crippen molar-refractivity contribution in [3.05, 3.63) is 112 Å². The Balaban J connectivity index is 1.74. The van der Waals surface area contributed by atoms with E-state index in [-0.39, 0.29) is 29.4 Å². The molecule has 0 spiro atoms. The highest BCUT2D eigenvalue weighted by Crippen LogP contribution is 2.12. The Bertz CT molecular complexity index is 1180. The summed E-state index contributed by atoms with van der Waals surface area (Å²) < 4.78 is 5.26. The van der Waals surface area contributed by atoms with E-state index in [1.807, 2.05) is 6.07 Å². The molecule has 3 rings (SSSR count). The Labute approximate surface area is 188 Å². The van der Waals surface area contributed by atoms with Crippen LogP contribution in [0.25, 0.3) is 0 Å². The first-order valence-corrected chi connectivity index (χ1v) is 9.84. The van der Waals surface area contributed by atoms with Crippen LogP contribution in [0, 0.1) is 10.1 Å². The average molecular weight is 445 g/mol. The lowest BCUT2D eigenvalue weighted by atomic mass is 10.1. The van der Waals surface area contributed by atoms with Crippen LogP contribution in [0.1, 0.15) is 32.7 Å². The number of nitrogens with zero attached hydrogens (tertiary/aromatic N) is 2. The van der Waals surface area contributed by atoms with E-state index in [1.165, 1.54) is 24.3 Å². The van der Waals surface area contributed by atoms with Crippen LogP contribution in [0.15, 0.2) is 90.0 Å². The number of rotatable bonds is 9. The van der Waals surface area contributed by atoms with Gasteiger partial charge in [0.05, 0.1) is 11.3 Å². The number of carbonyl (C=O) groups excluding carboxylic acids is 3. The molecule has 9 nitrogen and oxygen atoms in total. The van der Waals surface area contributed by atoms with Crippen LogP contribution in [0.2, 0.25) is 0 Å². The summed E-state index contributed by atoms with van der Waals surface area (Å²) in [7, 11) is 0. The zero-order valence-corrected chi connectivity index (χ0v) is 17.3. The number of hydrogen-bond donors (Lipinski definition) is 1. The summed E-state index contributed by atoms with van der Waals surface area (Å²) in [6.45, 7) is -0.0332. The van der Waals surface area contributed by atoms with Crippen molar-refractivity contribution < 1.29 is 24.0 Å². The van der Waals surface area contributed by atoms with Gasteiger partial charge in [0, 0.05) is 23.3 Å². The Morgan fingerprint density at radius 2 is 1.45 bits per heavy atom. The number of carbonyl (C=O) groups is 3. The van der Waals surface area contributed by atoms with Gasteiger partial charge in [-0.3, -0.25) is 19.7 Å². The molecule has 0 aliphatic heterocycles. The highest BCUT2D eigenvalue weighted by molar-refractivity contribution is 6.40. The maximum atomic E-state index is 12.6. The van der Waals surface area contributed by atoms with E-state index >= 15 is 0 Å². The minimum Gasteiger partial charge on any atom is -0.456 e. The van der Waals surface area contributed by atoms with E-state index < -0.39 is 23.2 Å². The minimum atomic E-state index is -0.855. The number of Topliss-reactive ketones (excluding diaryl/α,β-unsaturated/α-hetero) is 1. The molecule has 0 aromatic heterocycles. The van der Waals surface area contributed by atoms with Gasteiger partial charge in [-0.05, 0) is 17.7 Å². The lowest BCUT2D eigenvalue weighted by molar-refractivity contribution is -0.384. The number of non-ortho nitro benzene ring substituents is 1. The van der Waals surface area contributed by atoms with E-state index in [0.717, 1.165) is 5.56 Å². The summed E-state index contributed by atoms with van der Waals surface area (Å²) in [5.74, 6) is -1.94. The topological polar surface area (TPSA) is 128 Å².